The first kappa shape index (κ1) is 21.2. The summed E-state index contributed by atoms with van der Waals surface area (Å²) in [5.41, 5.74) is 8.67. The van der Waals surface area contributed by atoms with Crippen LogP contribution >= 0.6 is 23.7 Å². The second-order valence-electron chi connectivity index (χ2n) is 6.28. The van der Waals surface area contributed by atoms with Crippen molar-refractivity contribution in [2.75, 3.05) is 0 Å². The number of benzene rings is 2. The third-order valence-corrected chi connectivity index (χ3v) is 6.01. The minimum atomic E-state index is -0.846. The maximum absolute atomic E-state index is 12.8. The van der Waals surface area contributed by atoms with Crippen molar-refractivity contribution in [2.45, 2.75) is 30.8 Å². The summed E-state index contributed by atoms with van der Waals surface area (Å²) in [6.07, 6.45) is -0.746. The molecule has 0 spiro atoms. The molecule has 1 aliphatic heterocycles. The summed E-state index contributed by atoms with van der Waals surface area (Å²) in [5, 5.41) is 4.29. The van der Waals surface area contributed by atoms with Gasteiger partial charge in [-0.3, -0.25) is 4.79 Å². The van der Waals surface area contributed by atoms with Crippen molar-refractivity contribution in [1.29, 1.82) is 0 Å². The minimum absolute atomic E-state index is 0.0673. The van der Waals surface area contributed by atoms with Gasteiger partial charge in [-0.2, -0.15) is 5.10 Å². The zero-order valence-electron chi connectivity index (χ0n) is 15.9. The van der Waals surface area contributed by atoms with Crippen LogP contribution in [0.15, 0.2) is 65.8 Å². The maximum Gasteiger partial charge on any atom is 0.419 e. The fourth-order valence-corrected chi connectivity index (χ4v) is 4.44. The van der Waals surface area contributed by atoms with Gasteiger partial charge in [0.2, 0.25) is 0 Å². The first-order valence-electron chi connectivity index (χ1n) is 8.99. The second kappa shape index (κ2) is 10.3. The van der Waals surface area contributed by atoms with Crippen molar-refractivity contribution >= 4 is 41.3 Å². The van der Waals surface area contributed by atoms with E-state index in [1.54, 1.807) is 16.9 Å². The maximum atomic E-state index is 12.8. The smallest absolute Gasteiger partial charge is 0.419 e. The highest BCUT2D eigenvalue weighted by Gasteiger charge is 2.39. The van der Waals surface area contributed by atoms with E-state index < -0.39 is 23.5 Å². The number of imide groups is 1. The quantitative estimate of drug-likeness (QED) is 0.671. The van der Waals surface area contributed by atoms with Crippen LogP contribution in [0.25, 0.3) is 0 Å². The van der Waals surface area contributed by atoms with Crippen LogP contribution in [0, 0.1) is 0 Å². The van der Waals surface area contributed by atoms with Crippen molar-refractivity contribution in [3.63, 3.8) is 0 Å². The molecule has 0 aliphatic carbocycles. The average molecular weight is 431 g/mol. The second-order valence-corrected chi connectivity index (χ2v) is 8.11. The van der Waals surface area contributed by atoms with Crippen molar-refractivity contribution in [1.82, 2.24) is 9.31 Å². The Kier molecular flexibility index (Phi) is 7.56. The summed E-state index contributed by atoms with van der Waals surface area (Å²) >= 11 is 2.66. The third-order valence-electron chi connectivity index (χ3n) is 3.99. The summed E-state index contributed by atoms with van der Waals surface area (Å²) < 4.78 is 7.02. The molecule has 2 N–H and O–H groups in total. The van der Waals surface area contributed by atoms with Crippen LogP contribution in [-0.4, -0.2) is 38.4 Å². The van der Waals surface area contributed by atoms with Gasteiger partial charge in [0, 0.05) is 5.75 Å². The lowest BCUT2D eigenvalue weighted by molar-refractivity contribution is -0.132. The highest BCUT2D eigenvalue weighted by Crippen LogP contribution is 2.33. The molecule has 1 unspecified atom stereocenters. The van der Waals surface area contributed by atoms with Gasteiger partial charge in [0.25, 0.3) is 5.91 Å². The monoisotopic (exact) mass is 430 g/mol. The van der Waals surface area contributed by atoms with Crippen LogP contribution in [0.1, 0.15) is 18.1 Å². The molecule has 1 aliphatic rings. The van der Waals surface area contributed by atoms with Gasteiger partial charge in [-0.05, 0) is 30.0 Å². The molecular formula is C20H22N4O3S2. The van der Waals surface area contributed by atoms with Crippen LogP contribution in [-0.2, 0) is 21.9 Å². The number of hydrogen-bond donors (Lipinski definition) is 1. The van der Waals surface area contributed by atoms with Gasteiger partial charge in [0.05, 0.1) is 11.6 Å². The molecule has 0 radical (unpaired) electrons. The Morgan fingerprint density at radius 2 is 1.79 bits per heavy atom. The fourth-order valence-electron chi connectivity index (χ4n) is 2.51. The average Bonchev–Trinajstić information content (AvgIpc) is 3.20. The van der Waals surface area contributed by atoms with E-state index >= 15 is 0 Å². The van der Waals surface area contributed by atoms with Crippen molar-refractivity contribution in [3.8, 4) is 0 Å². The number of nitrogens with zero attached hydrogens (tertiary/aromatic N) is 3. The number of hydrogen-bond acceptors (Lipinski definition) is 8. The number of carbonyl (C=O) groups is 2. The molecule has 29 heavy (non-hydrogen) atoms. The number of thioether (sulfide) groups is 1. The molecule has 0 aromatic heterocycles. The van der Waals surface area contributed by atoms with Gasteiger partial charge in [-0.15, -0.1) is 0 Å². The summed E-state index contributed by atoms with van der Waals surface area (Å²) in [6.45, 7) is 1.61. The van der Waals surface area contributed by atoms with Crippen molar-refractivity contribution in [2.24, 2.45) is 10.8 Å². The van der Waals surface area contributed by atoms with E-state index in [9.17, 15) is 9.59 Å². The molecule has 0 saturated carbocycles. The number of nitrogens with two attached hydrogens (primary N) is 1. The molecule has 2 atom stereocenters. The molecule has 7 nitrogen and oxygen atoms in total. The zero-order chi connectivity index (χ0) is 20.6. The Balaban J connectivity index is 1.69. The Bertz CT molecular complexity index is 849. The zero-order valence-corrected chi connectivity index (χ0v) is 17.5. The normalized spacial score (nSPS) is 16.5. The van der Waals surface area contributed by atoms with Crippen molar-refractivity contribution in [3.05, 3.63) is 71.8 Å². The van der Waals surface area contributed by atoms with Gasteiger partial charge in [0.1, 0.15) is 6.61 Å². The summed E-state index contributed by atoms with van der Waals surface area (Å²) in [7, 11) is 0. The minimum Gasteiger partial charge on any atom is -0.444 e. The molecule has 1 heterocycles. The Labute approximate surface area is 178 Å². The molecule has 152 valence electrons. The lowest BCUT2D eigenvalue weighted by Gasteiger charge is -2.31. The summed E-state index contributed by atoms with van der Waals surface area (Å²) in [4.78, 5) is 26.5. The van der Waals surface area contributed by atoms with E-state index in [0.29, 0.717) is 5.75 Å². The fraction of sp³-hybridized carbons (Fsp3) is 0.250. The van der Waals surface area contributed by atoms with Crippen LogP contribution in [0.2, 0.25) is 0 Å². The topological polar surface area (TPSA) is 88.2 Å². The van der Waals surface area contributed by atoms with E-state index in [-0.39, 0.29) is 6.61 Å². The number of hydrazone groups is 1. The van der Waals surface area contributed by atoms with E-state index in [4.69, 9.17) is 10.5 Å². The van der Waals surface area contributed by atoms with Crippen LogP contribution < -0.4 is 5.73 Å². The van der Waals surface area contributed by atoms with Gasteiger partial charge < -0.3 is 10.5 Å². The van der Waals surface area contributed by atoms with Gasteiger partial charge in [0.15, 0.2) is 5.50 Å². The van der Waals surface area contributed by atoms with E-state index in [0.717, 1.165) is 16.0 Å². The van der Waals surface area contributed by atoms with Gasteiger partial charge in [-0.25, -0.2) is 14.1 Å². The van der Waals surface area contributed by atoms with E-state index in [2.05, 4.69) is 5.10 Å². The SMILES string of the molecule is C[C@H](N)C(=O)N(C(=O)OCc1ccccc1)C1SC=NN1SCc1ccccc1. The van der Waals surface area contributed by atoms with Gasteiger partial charge in [-0.1, -0.05) is 72.4 Å². The largest absolute Gasteiger partial charge is 0.444 e. The number of amides is 2. The molecule has 9 heteroatoms. The summed E-state index contributed by atoms with van der Waals surface area (Å²) in [5.74, 6) is 0.130. The lowest BCUT2D eigenvalue weighted by Crippen LogP contribution is -2.52. The molecule has 0 bridgehead atoms. The lowest BCUT2D eigenvalue weighted by atomic mass is 10.2. The Hall–Kier alpha value is -2.49. The molecule has 2 amide bonds. The standard InChI is InChI=1S/C20H22N4O3S2/c1-15(21)18(25)23(20(26)27-12-16-8-4-2-5-9-16)19-24(22-14-28-19)29-13-17-10-6-3-7-11-17/h2-11,14-15,19H,12-13,21H2,1H3/t15-,19?/m0/s1. The van der Waals surface area contributed by atoms with E-state index in [1.165, 1.54) is 23.7 Å². The molecule has 3 rings (SSSR count). The number of carbonyl (C=O) groups excluding carboxylic acids is 2. The van der Waals surface area contributed by atoms with E-state index in [1.807, 2.05) is 60.7 Å². The van der Waals surface area contributed by atoms with Crippen LogP contribution in [0.5, 0.6) is 0 Å². The van der Waals surface area contributed by atoms with Gasteiger partial charge >= 0.3 is 6.09 Å². The predicted molar refractivity (Wildman–Crippen MR) is 117 cm³/mol. The molecular weight excluding hydrogens is 408 g/mol. The molecule has 0 fully saturated rings. The highest BCUT2D eigenvalue weighted by atomic mass is 32.2. The Morgan fingerprint density at radius 3 is 2.41 bits per heavy atom. The molecule has 0 saturated heterocycles. The predicted octanol–water partition coefficient (Wildman–Crippen LogP) is 3.62. The highest BCUT2D eigenvalue weighted by molar-refractivity contribution is 8.13. The number of rotatable bonds is 7. The summed E-state index contributed by atoms with van der Waals surface area (Å²) in [6, 6.07) is 18.3. The van der Waals surface area contributed by atoms with Crippen molar-refractivity contribution < 1.29 is 14.3 Å². The molecule has 2 aromatic rings. The molecule has 2 aromatic carbocycles. The first-order valence-corrected chi connectivity index (χ1v) is 10.9. The van der Waals surface area contributed by atoms with Crippen LogP contribution in [0.4, 0.5) is 4.79 Å². The number of ether oxygens (including phenoxy) is 1. The third kappa shape index (κ3) is 5.75. The van der Waals surface area contributed by atoms with Crippen LogP contribution in [0.3, 0.4) is 0 Å². The first-order chi connectivity index (χ1) is 14.1. The Morgan fingerprint density at radius 1 is 1.17 bits per heavy atom.